The number of benzene rings is 3. The molecule has 0 saturated carbocycles. The highest BCUT2D eigenvalue weighted by molar-refractivity contribution is 6.15. The van der Waals surface area contributed by atoms with Crippen LogP contribution >= 0.6 is 0 Å². The minimum absolute atomic E-state index is 0.124. The molecule has 0 saturated heterocycles. The number of ether oxygens (including phenoxy) is 1. The Balaban J connectivity index is 1.64. The van der Waals surface area contributed by atoms with Crippen LogP contribution in [-0.4, -0.2) is 23.7 Å². The molecule has 0 heterocycles. The fraction of sp³-hybridized carbons (Fsp3) is 0.0870. The molecule has 3 aromatic rings. The van der Waals surface area contributed by atoms with Gasteiger partial charge in [0.1, 0.15) is 11.6 Å². The number of carbonyl (C=O) groups excluding carboxylic acids is 3. The second kappa shape index (κ2) is 9.47. The topological polar surface area (TPSA) is 84.5 Å². The average Bonchev–Trinajstić information content (AvgIpc) is 2.78. The van der Waals surface area contributed by atoms with E-state index in [2.05, 4.69) is 10.9 Å². The van der Waals surface area contributed by atoms with Gasteiger partial charge < -0.3 is 4.74 Å². The number of ketones is 1. The summed E-state index contributed by atoms with van der Waals surface area (Å²) in [6.45, 7) is 1.48. The monoisotopic (exact) mass is 406 g/mol. The summed E-state index contributed by atoms with van der Waals surface area (Å²) in [6, 6.07) is 20.1. The SMILES string of the molecule is C[C@H](Oc1ccc(F)cc1)C(=O)NNC(=O)c1ccccc1C(=O)c1ccccc1. The Kier molecular flexibility index (Phi) is 6.54. The highest BCUT2D eigenvalue weighted by atomic mass is 19.1. The molecule has 0 bridgehead atoms. The first-order valence-corrected chi connectivity index (χ1v) is 9.17. The van der Waals surface area contributed by atoms with E-state index in [1.807, 2.05) is 0 Å². The van der Waals surface area contributed by atoms with Crippen LogP contribution in [0.15, 0.2) is 78.9 Å². The Bertz CT molecular complexity index is 1050. The first kappa shape index (κ1) is 20.7. The van der Waals surface area contributed by atoms with Crippen molar-refractivity contribution in [3.63, 3.8) is 0 Å². The molecule has 152 valence electrons. The van der Waals surface area contributed by atoms with Gasteiger partial charge in [0.05, 0.1) is 5.56 Å². The van der Waals surface area contributed by atoms with Crippen LogP contribution in [-0.2, 0) is 4.79 Å². The Morgan fingerprint density at radius 1 is 0.800 bits per heavy atom. The van der Waals surface area contributed by atoms with E-state index in [4.69, 9.17) is 4.74 Å². The second-order valence-electron chi connectivity index (χ2n) is 6.40. The van der Waals surface area contributed by atoms with Crippen molar-refractivity contribution >= 4 is 17.6 Å². The van der Waals surface area contributed by atoms with Crippen molar-refractivity contribution in [1.82, 2.24) is 10.9 Å². The number of halogens is 1. The second-order valence-corrected chi connectivity index (χ2v) is 6.40. The maximum Gasteiger partial charge on any atom is 0.279 e. The lowest BCUT2D eigenvalue weighted by Gasteiger charge is -2.15. The maximum atomic E-state index is 12.9. The van der Waals surface area contributed by atoms with Gasteiger partial charge in [-0.3, -0.25) is 25.2 Å². The molecule has 3 aromatic carbocycles. The standard InChI is InChI=1S/C23H19FN2O4/c1-15(30-18-13-11-17(24)12-14-18)22(28)25-26-23(29)20-10-6-5-9-19(20)21(27)16-7-3-2-4-8-16/h2-15H,1H3,(H,25,28)(H,26,29)/t15-/m0/s1. The van der Waals surface area contributed by atoms with Crippen LogP contribution in [0.4, 0.5) is 4.39 Å². The molecule has 7 heteroatoms. The van der Waals surface area contributed by atoms with Gasteiger partial charge in [-0.05, 0) is 37.3 Å². The predicted octanol–water partition coefficient (Wildman–Crippen LogP) is 3.29. The van der Waals surface area contributed by atoms with Crippen LogP contribution in [0.25, 0.3) is 0 Å². The van der Waals surface area contributed by atoms with E-state index < -0.39 is 23.7 Å². The minimum atomic E-state index is -0.947. The summed E-state index contributed by atoms with van der Waals surface area (Å²) >= 11 is 0. The van der Waals surface area contributed by atoms with E-state index in [0.29, 0.717) is 11.3 Å². The van der Waals surface area contributed by atoms with E-state index in [-0.39, 0.29) is 16.9 Å². The van der Waals surface area contributed by atoms with Crippen molar-refractivity contribution in [2.24, 2.45) is 0 Å². The summed E-state index contributed by atoms with van der Waals surface area (Å²) in [5.41, 5.74) is 5.35. The molecule has 0 unspecified atom stereocenters. The molecule has 0 aromatic heterocycles. The minimum Gasteiger partial charge on any atom is -0.481 e. The van der Waals surface area contributed by atoms with E-state index in [1.165, 1.54) is 37.3 Å². The average molecular weight is 406 g/mol. The smallest absolute Gasteiger partial charge is 0.279 e. The van der Waals surface area contributed by atoms with Crippen LogP contribution in [0.5, 0.6) is 5.75 Å². The van der Waals surface area contributed by atoms with Crippen molar-refractivity contribution in [2.75, 3.05) is 0 Å². The lowest BCUT2D eigenvalue weighted by atomic mass is 9.98. The number of hydrogen-bond acceptors (Lipinski definition) is 4. The molecule has 1 atom stereocenters. The van der Waals surface area contributed by atoms with Crippen molar-refractivity contribution in [1.29, 1.82) is 0 Å². The molecule has 0 spiro atoms. The fourth-order valence-electron chi connectivity index (χ4n) is 2.68. The van der Waals surface area contributed by atoms with Crippen molar-refractivity contribution in [3.8, 4) is 5.75 Å². The first-order chi connectivity index (χ1) is 14.5. The summed E-state index contributed by atoms with van der Waals surface area (Å²) < 4.78 is 18.3. The van der Waals surface area contributed by atoms with Gasteiger partial charge in [0, 0.05) is 11.1 Å². The molecule has 2 amide bonds. The predicted molar refractivity (Wildman–Crippen MR) is 108 cm³/mol. The zero-order valence-corrected chi connectivity index (χ0v) is 16.1. The lowest BCUT2D eigenvalue weighted by molar-refractivity contribution is -0.128. The molecule has 6 nitrogen and oxygen atoms in total. The Labute approximate surface area is 172 Å². The number of rotatable bonds is 6. The number of carbonyl (C=O) groups is 3. The van der Waals surface area contributed by atoms with Crippen molar-refractivity contribution in [3.05, 3.63) is 101 Å². The van der Waals surface area contributed by atoms with Gasteiger partial charge in [-0.1, -0.05) is 48.5 Å². The molecule has 3 rings (SSSR count). The highest BCUT2D eigenvalue weighted by Crippen LogP contribution is 2.15. The van der Waals surface area contributed by atoms with Crippen LogP contribution in [0.2, 0.25) is 0 Å². The van der Waals surface area contributed by atoms with E-state index in [0.717, 1.165) is 0 Å². The van der Waals surface area contributed by atoms with Gasteiger partial charge in [-0.25, -0.2) is 4.39 Å². The van der Waals surface area contributed by atoms with E-state index in [1.54, 1.807) is 48.5 Å². The van der Waals surface area contributed by atoms with Crippen molar-refractivity contribution < 1.29 is 23.5 Å². The van der Waals surface area contributed by atoms with Crippen LogP contribution in [0, 0.1) is 5.82 Å². The van der Waals surface area contributed by atoms with Gasteiger partial charge in [-0.2, -0.15) is 0 Å². The Morgan fingerprint density at radius 2 is 1.40 bits per heavy atom. The molecule has 30 heavy (non-hydrogen) atoms. The zero-order chi connectivity index (χ0) is 21.5. The Morgan fingerprint density at radius 3 is 2.07 bits per heavy atom. The largest absolute Gasteiger partial charge is 0.481 e. The zero-order valence-electron chi connectivity index (χ0n) is 16.1. The summed E-state index contributed by atoms with van der Waals surface area (Å²) in [5, 5.41) is 0. The third-order valence-corrected chi connectivity index (χ3v) is 4.25. The van der Waals surface area contributed by atoms with E-state index in [9.17, 15) is 18.8 Å². The van der Waals surface area contributed by atoms with Gasteiger partial charge in [-0.15, -0.1) is 0 Å². The summed E-state index contributed by atoms with van der Waals surface area (Å²) in [7, 11) is 0. The molecule has 2 N–H and O–H groups in total. The summed E-state index contributed by atoms with van der Waals surface area (Å²) in [4.78, 5) is 37.5. The number of nitrogens with one attached hydrogen (secondary N) is 2. The lowest BCUT2D eigenvalue weighted by Crippen LogP contribution is -2.47. The van der Waals surface area contributed by atoms with Gasteiger partial charge in [0.25, 0.3) is 11.8 Å². The summed E-state index contributed by atoms with van der Waals surface area (Å²) in [6.07, 6.45) is -0.947. The number of hydrogen-bond donors (Lipinski definition) is 2. The summed E-state index contributed by atoms with van der Waals surface area (Å²) in [5.74, 6) is -1.67. The third-order valence-electron chi connectivity index (χ3n) is 4.25. The van der Waals surface area contributed by atoms with Gasteiger partial charge in [0.2, 0.25) is 0 Å². The van der Waals surface area contributed by atoms with Crippen LogP contribution < -0.4 is 15.6 Å². The molecule has 0 aliphatic rings. The molecule has 0 aliphatic carbocycles. The quantitative estimate of drug-likeness (QED) is 0.486. The molecule has 0 aliphatic heterocycles. The molecular weight excluding hydrogens is 387 g/mol. The first-order valence-electron chi connectivity index (χ1n) is 9.17. The highest BCUT2D eigenvalue weighted by Gasteiger charge is 2.20. The van der Waals surface area contributed by atoms with Gasteiger partial charge in [0.15, 0.2) is 11.9 Å². The van der Waals surface area contributed by atoms with Gasteiger partial charge >= 0.3 is 0 Å². The van der Waals surface area contributed by atoms with Crippen molar-refractivity contribution in [2.45, 2.75) is 13.0 Å². The molecule has 0 fully saturated rings. The number of hydrazine groups is 1. The molecular formula is C23H19FN2O4. The third kappa shape index (κ3) is 5.08. The normalized spacial score (nSPS) is 11.3. The van der Waals surface area contributed by atoms with E-state index >= 15 is 0 Å². The maximum absolute atomic E-state index is 12.9. The van der Waals surface area contributed by atoms with Crippen LogP contribution in [0.1, 0.15) is 33.2 Å². The fourth-order valence-corrected chi connectivity index (χ4v) is 2.68. The Hall–Kier alpha value is -4.00. The van der Waals surface area contributed by atoms with Crippen LogP contribution in [0.3, 0.4) is 0 Å². The molecule has 0 radical (unpaired) electrons. The number of amides is 2.